The van der Waals surface area contributed by atoms with Gasteiger partial charge >= 0.3 is 5.97 Å². The Bertz CT molecular complexity index is 900. The first kappa shape index (κ1) is 21.2. The van der Waals surface area contributed by atoms with Crippen LogP contribution in [-0.2, 0) is 14.4 Å². The number of nitrogens with one attached hydrogen (secondary N) is 1. The van der Waals surface area contributed by atoms with Gasteiger partial charge in [-0.1, -0.05) is 53.2 Å². The van der Waals surface area contributed by atoms with Crippen molar-refractivity contribution in [1.29, 1.82) is 0 Å². The van der Waals surface area contributed by atoms with Crippen LogP contribution in [0.3, 0.4) is 0 Å². The number of carbonyl (C=O) groups excluding carboxylic acids is 1. The van der Waals surface area contributed by atoms with Gasteiger partial charge in [0.1, 0.15) is 11.8 Å². The van der Waals surface area contributed by atoms with Gasteiger partial charge in [0.2, 0.25) is 0 Å². The molecule has 0 aliphatic heterocycles. The molecule has 0 heterocycles. The maximum atomic E-state index is 11.9. The van der Waals surface area contributed by atoms with Gasteiger partial charge < -0.3 is 14.9 Å². The fraction of sp³-hybridized carbons (Fsp3) is 0.304. The maximum absolute atomic E-state index is 11.9. The zero-order chi connectivity index (χ0) is 20.7. The van der Waals surface area contributed by atoms with Crippen LogP contribution >= 0.6 is 0 Å². The van der Waals surface area contributed by atoms with Crippen LogP contribution in [0, 0.1) is 6.92 Å². The summed E-state index contributed by atoms with van der Waals surface area (Å²) in [4.78, 5) is 17.6. The van der Waals surface area contributed by atoms with Crippen molar-refractivity contribution in [3.63, 3.8) is 0 Å². The van der Waals surface area contributed by atoms with E-state index in [-0.39, 0.29) is 6.10 Å². The standard InChI is InChI=1S/C23H28N2O3/c1-15-9-7-12-21(13-15)18(4)28-25-17(3)20-11-8-10-19(14-20)16(2)22(24-5)23(26)27-6/h7-14,18,24H,1-6H3. The number of nitrogens with zero attached hydrogens (tertiary/aromatic N) is 1. The Morgan fingerprint density at radius 3 is 2.39 bits per heavy atom. The lowest BCUT2D eigenvalue weighted by Gasteiger charge is -2.13. The van der Waals surface area contributed by atoms with Gasteiger partial charge in [-0.2, -0.15) is 0 Å². The molecule has 2 aromatic carbocycles. The monoisotopic (exact) mass is 380 g/mol. The van der Waals surface area contributed by atoms with Gasteiger partial charge in [-0.05, 0) is 56.0 Å². The summed E-state index contributed by atoms with van der Waals surface area (Å²) in [6.45, 7) is 7.81. The summed E-state index contributed by atoms with van der Waals surface area (Å²) < 4.78 is 4.84. The number of allylic oxidation sites excluding steroid dienone is 1. The SMILES string of the molecule is CNC(C(=O)OC)=C(C)c1cccc(C(C)=NOC(C)c2cccc(C)c2)c1. The molecule has 0 radical (unpaired) electrons. The molecule has 28 heavy (non-hydrogen) atoms. The first-order chi connectivity index (χ1) is 13.4. The molecular formula is C23H28N2O3. The predicted octanol–water partition coefficient (Wildman–Crippen LogP) is 4.62. The Morgan fingerprint density at radius 1 is 1.07 bits per heavy atom. The van der Waals surface area contributed by atoms with Crippen LogP contribution in [-0.4, -0.2) is 25.8 Å². The highest BCUT2D eigenvalue weighted by molar-refractivity contribution is 6.00. The number of ether oxygens (including phenoxy) is 1. The van der Waals surface area contributed by atoms with Gasteiger partial charge in [0.05, 0.1) is 12.8 Å². The average Bonchev–Trinajstić information content (AvgIpc) is 2.72. The third kappa shape index (κ3) is 5.22. The molecule has 1 N–H and O–H groups in total. The number of rotatable bonds is 7. The number of hydrogen-bond acceptors (Lipinski definition) is 5. The quantitative estimate of drug-likeness (QED) is 0.330. The molecule has 0 aromatic heterocycles. The molecule has 0 aliphatic carbocycles. The zero-order valence-corrected chi connectivity index (χ0v) is 17.4. The Kier molecular flexibility index (Phi) is 7.38. The smallest absolute Gasteiger partial charge is 0.354 e. The first-order valence-corrected chi connectivity index (χ1v) is 9.22. The number of benzene rings is 2. The summed E-state index contributed by atoms with van der Waals surface area (Å²) >= 11 is 0. The minimum absolute atomic E-state index is 0.144. The van der Waals surface area contributed by atoms with Gasteiger partial charge in [-0.25, -0.2) is 4.79 Å². The van der Waals surface area contributed by atoms with Crippen LogP contribution in [0.2, 0.25) is 0 Å². The molecule has 0 amide bonds. The molecule has 0 fully saturated rings. The van der Waals surface area contributed by atoms with E-state index in [0.29, 0.717) is 5.70 Å². The highest BCUT2D eigenvalue weighted by Crippen LogP contribution is 2.21. The van der Waals surface area contributed by atoms with Gasteiger partial charge in [0, 0.05) is 7.05 Å². The molecule has 5 heteroatoms. The highest BCUT2D eigenvalue weighted by atomic mass is 16.6. The van der Waals surface area contributed by atoms with E-state index in [9.17, 15) is 4.79 Å². The Labute approximate surface area is 167 Å². The zero-order valence-electron chi connectivity index (χ0n) is 17.4. The maximum Gasteiger partial charge on any atom is 0.354 e. The van der Waals surface area contributed by atoms with Crippen molar-refractivity contribution in [2.45, 2.75) is 33.8 Å². The van der Waals surface area contributed by atoms with E-state index in [4.69, 9.17) is 9.57 Å². The fourth-order valence-electron chi connectivity index (χ4n) is 2.86. The van der Waals surface area contributed by atoms with Crippen molar-refractivity contribution >= 4 is 17.3 Å². The Morgan fingerprint density at radius 2 is 1.75 bits per heavy atom. The third-order valence-electron chi connectivity index (χ3n) is 4.59. The Balaban J connectivity index is 2.23. The van der Waals surface area contributed by atoms with Crippen molar-refractivity contribution in [2.75, 3.05) is 14.2 Å². The van der Waals surface area contributed by atoms with Crippen molar-refractivity contribution in [3.05, 3.63) is 76.5 Å². The number of carbonyl (C=O) groups is 1. The number of esters is 1. The lowest BCUT2D eigenvalue weighted by atomic mass is 10.0. The van der Waals surface area contributed by atoms with Crippen molar-refractivity contribution in [1.82, 2.24) is 5.32 Å². The Hall–Kier alpha value is -3.08. The van der Waals surface area contributed by atoms with Gasteiger partial charge in [-0.15, -0.1) is 0 Å². The number of methoxy groups -OCH3 is 1. The molecule has 0 aliphatic rings. The van der Waals surface area contributed by atoms with Crippen molar-refractivity contribution < 1.29 is 14.4 Å². The molecule has 2 aromatic rings. The molecule has 5 nitrogen and oxygen atoms in total. The number of oxime groups is 1. The molecule has 1 atom stereocenters. The lowest BCUT2D eigenvalue weighted by Crippen LogP contribution is -2.19. The number of hydrogen-bond donors (Lipinski definition) is 1. The molecule has 1 unspecified atom stereocenters. The van der Waals surface area contributed by atoms with E-state index in [1.165, 1.54) is 12.7 Å². The van der Waals surface area contributed by atoms with Gasteiger partial charge in [0.25, 0.3) is 0 Å². The fourth-order valence-corrected chi connectivity index (χ4v) is 2.86. The van der Waals surface area contributed by atoms with Crippen LogP contribution in [0.4, 0.5) is 0 Å². The second-order valence-corrected chi connectivity index (χ2v) is 6.66. The van der Waals surface area contributed by atoms with Crippen LogP contribution < -0.4 is 5.32 Å². The molecule has 2 rings (SSSR count). The van der Waals surface area contributed by atoms with E-state index in [1.54, 1.807) is 7.05 Å². The topological polar surface area (TPSA) is 59.9 Å². The summed E-state index contributed by atoms with van der Waals surface area (Å²) in [5.74, 6) is -0.397. The molecule has 0 saturated carbocycles. The lowest BCUT2D eigenvalue weighted by molar-refractivity contribution is -0.136. The van der Waals surface area contributed by atoms with E-state index in [2.05, 4.69) is 29.5 Å². The van der Waals surface area contributed by atoms with E-state index < -0.39 is 5.97 Å². The average molecular weight is 380 g/mol. The van der Waals surface area contributed by atoms with Crippen LogP contribution in [0.5, 0.6) is 0 Å². The van der Waals surface area contributed by atoms with E-state index in [0.717, 1.165) is 28.0 Å². The van der Waals surface area contributed by atoms with Crippen molar-refractivity contribution in [3.8, 4) is 0 Å². The summed E-state index contributed by atoms with van der Waals surface area (Å²) in [5, 5.41) is 7.22. The normalized spacial score (nSPS) is 13.4. The van der Waals surface area contributed by atoms with Crippen LogP contribution in [0.15, 0.2) is 59.4 Å². The second-order valence-electron chi connectivity index (χ2n) is 6.66. The van der Waals surface area contributed by atoms with Crippen LogP contribution in [0.1, 0.15) is 49.1 Å². The van der Waals surface area contributed by atoms with Crippen molar-refractivity contribution in [2.24, 2.45) is 5.16 Å². The van der Waals surface area contributed by atoms with Gasteiger partial charge in [-0.3, -0.25) is 0 Å². The summed E-state index contributed by atoms with van der Waals surface area (Å²) in [6.07, 6.45) is -0.144. The minimum Gasteiger partial charge on any atom is -0.464 e. The summed E-state index contributed by atoms with van der Waals surface area (Å²) in [5.41, 5.74) is 6.10. The molecule has 0 bridgehead atoms. The minimum atomic E-state index is -0.397. The highest BCUT2D eigenvalue weighted by Gasteiger charge is 2.13. The molecule has 0 spiro atoms. The predicted molar refractivity (Wildman–Crippen MR) is 113 cm³/mol. The van der Waals surface area contributed by atoms with Gasteiger partial charge in [0.15, 0.2) is 0 Å². The second kappa shape index (κ2) is 9.74. The van der Waals surface area contributed by atoms with E-state index in [1.807, 2.05) is 57.2 Å². The molecule has 0 saturated heterocycles. The molecule has 148 valence electrons. The summed E-state index contributed by atoms with van der Waals surface area (Å²) in [7, 11) is 3.07. The third-order valence-corrected chi connectivity index (χ3v) is 4.59. The summed E-state index contributed by atoms with van der Waals surface area (Å²) in [6, 6.07) is 16.0. The number of aryl methyl sites for hydroxylation is 1. The van der Waals surface area contributed by atoms with Crippen LogP contribution in [0.25, 0.3) is 5.57 Å². The molecular weight excluding hydrogens is 352 g/mol. The number of likely N-dealkylation sites (N-methyl/N-ethyl adjacent to an activating group) is 1. The first-order valence-electron chi connectivity index (χ1n) is 9.22. The van der Waals surface area contributed by atoms with E-state index >= 15 is 0 Å². The largest absolute Gasteiger partial charge is 0.464 e.